The molecule has 0 aliphatic carbocycles. The summed E-state index contributed by atoms with van der Waals surface area (Å²) >= 11 is 0. The number of aryl methyl sites for hydroxylation is 1. The highest BCUT2D eigenvalue weighted by molar-refractivity contribution is 5.94. The first kappa shape index (κ1) is 26.7. The molecule has 38 heavy (non-hydrogen) atoms. The molecule has 4 aromatic rings. The Morgan fingerprint density at radius 3 is 2.32 bits per heavy atom. The molecule has 198 valence electrons. The maximum absolute atomic E-state index is 14.1. The van der Waals surface area contributed by atoms with E-state index in [0.29, 0.717) is 36.0 Å². The van der Waals surface area contributed by atoms with Gasteiger partial charge in [0.05, 0.1) is 18.4 Å². The van der Waals surface area contributed by atoms with E-state index < -0.39 is 11.8 Å². The molecule has 0 saturated carbocycles. The minimum Gasteiger partial charge on any atom is -0.493 e. The molecule has 9 heteroatoms. The molecule has 0 unspecified atom stereocenters. The SMILES string of the molecule is Cc1oc(-c2ccc(F)cc2)nc1CCOc1ccc(COc2cc(F)cc(OC(C)C)c2C(=O)O)cc1. The second-order valence-corrected chi connectivity index (χ2v) is 8.81. The summed E-state index contributed by atoms with van der Waals surface area (Å²) in [5.41, 5.74) is 1.95. The summed E-state index contributed by atoms with van der Waals surface area (Å²) in [4.78, 5) is 16.3. The minimum atomic E-state index is -1.27. The third-order valence-corrected chi connectivity index (χ3v) is 5.52. The molecule has 0 atom stereocenters. The van der Waals surface area contributed by atoms with Gasteiger partial charge in [0.1, 0.15) is 46.8 Å². The van der Waals surface area contributed by atoms with Gasteiger partial charge in [-0.3, -0.25) is 0 Å². The lowest BCUT2D eigenvalue weighted by Gasteiger charge is -2.16. The number of carboxylic acids is 1. The highest BCUT2D eigenvalue weighted by atomic mass is 19.1. The van der Waals surface area contributed by atoms with Crippen LogP contribution in [0.1, 0.15) is 41.2 Å². The number of benzene rings is 3. The van der Waals surface area contributed by atoms with Crippen LogP contribution in [0.25, 0.3) is 11.5 Å². The zero-order valence-electron chi connectivity index (χ0n) is 21.2. The van der Waals surface area contributed by atoms with Crippen LogP contribution in [-0.2, 0) is 13.0 Å². The van der Waals surface area contributed by atoms with E-state index >= 15 is 0 Å². The van der Waals surface area contributed by atoms with Crippen molar-refractivity contribution in [2.75, 3.05) is 6.61 Å². The monoisotopic (exact) mass is 523 g/mol. The highest BCUT2D eigenvalue weighted by Gasteiger charge is 2.21. The molecule has 1 heterocycles. The predicted octanol–water partition coefficient (Wildman–Crippen LogP) is 6.61. The Labute approximate surface area is 218 Å². The fraction of sp³-hybridized carbons (Fsp3) is 0.241. The van der Waals surface area contributed by atoms with E-state index in [1.807, 2.05) is 6.92 Å². The molecular formula is C29H27F2NO6. The number of aromatic carboxylic acids is 1. The lowest BCUT2D eigenvalue weighted by atomic mass is 10.1. The summed E-state index contributed by atoms with van der Waals surface area (Å²) < 4.78 is 49.9. The fourth-order valence-electron chi connectivity index (χ4n) is 3.71. The topological polar surface area (TPSA) is 91.0 Å². The van der Waals surface area contributed by atoms with Crippen LogP contribution in [0, 0.1) is 18.6 Å². The number of carbonyl (C=O) groups is 1. The Hall–Kier alpha value is -4.40. The van der Waals surface area contributed by atoms with Crippen LogP contribution in [0.2, 0.25) is 0 Å². The number of aromatic nitrogens is 1. The zero-order chi connectivity index (χ0) is 27.2. The van der Waals surface area contributed by atoms with Crippen LogP contribution in [0.4, 0.5) is 8.78 Å². The first-order valence-electron chi connectivity index (χ1n) is 12.0. The Morgan fingerprint density at radius 2 is 1.66 bits per heavy atom. The van der Waals surface area contributed by atoms with Gasteiger partial charge in [-0.2, -0.15) is 0 Å². The van der Waals surface area contributed by atoms with E-state index in [1.165, 1.54) is 12.1 Å². The number of ether oxygens (including phenoxy) is 3. The quantitative estimate of drug-likeness (QED) is 0.236. The van der Waals surface area contributed by atoms with Gasteiger partial charge in [0, 0.05) is 24.1 Å². The van der Waals surface area contributed by atoms with Crippen LogP contribution in [-0.4, -0.2) is 28.8 Å². The van der Waals surface area contributed by atoms with Gasteiger partial charge in [-0.25, -0.2) is 18.6 Å². The molecule has 1 N–H and O–H groups in total. The van der Waals surface area contributed by atoms with Crippen LogP contribution < -0.4 is 14.2 Å². The third-order valence-electron chi connectivity index (χ3n) is 5.52. The maximum atomic E-state index is 14.1. The molecule has 0 fully saturated rings. The van der Waals surface area contributed by atoms with Crippen LogP contribution in [0.3, 0.4) is 0 Å². The van der Waals surface area contributed by atoms with Gasteiger partial charge in [0.25, 0.3) is 0 Å². The number of halogens is 2. The lowest BCUT2D eigenvalue weighted by molar-refractivity contribution is 0.0684. The van der Waals surface area contributed by atoms with Gasteiger partial charge in [-0.1, -0.05) is 12.1 Å². The van der Waals surface area contributed by atoms with E-state index in [0.717, 1.165) is 23.4 Å². The smallest absolute Gasteiger partial charge is 0.343 e. The standard InChI is InChI=1S/C29H27F2NO6/c1-17(2)37-26-15-22(31)14-25(27(26)29(33)34)36-16-19-4-10-23(11-5-19)35-13-12-24-18(3)38-28(32-24)20-6-8-21(30)9-7-20/h4-11,14-15,17H,12-13,16H2,1-3H3,(H,33,34). The summed E-state index contributed by atoms with van der Waals surface area (Å²) in [5, 5.41) is 9.61. The van der Waals surface area contributed by atoms with E-state index in [9.17, 15) is 18.7 Å². The Kier molecular flexibility index (Phi) is 8.25. The van der Waals surface area contributed by atoms with Crippen molar-refractivity contribution in [3.63, 3.8) is 0 Å². The summed E-state index contributed by atoms with van der Waals surface area (Å²) in [6.07, 6.45) is 0.181. The minimum absolute atomic E-state index is 0.0232. The molecule has 0 radical (unpaired) electrons. The van der Waals surface area contributed by atoms with Crippen LogP contribution >= 0.6 is 0 Å². The van der Waals surface area contributed by atoms with Crippen molar-refractivity contribution < 1.29 is 37.3 Å². The van der Waals surface area contributed by atoms with Gasteiger partial charge in [-0.15, -0.1) is 0 Å². The van der Waals surface area contributed by atoms with E-state index in [1.54, 1.807) is 50.2 Å². The molecule has 1 aromatic heterocycles. The summed E-state index contributed by atoms with van der Waals surface area (Å²) in [5.74, 6) is -0.738. The van der Waals surface area contributed by atoms with Crippen molar-refractivity contribution in [1.29, 1.82) is 0 Å². The number of nitrogens with zero attached hydrogens (tertiary/aromatic N) is 1. The van der Waals surface area contributed by atoms with Crippen molar-refractivity contribution in [3.05, 3.63) is 94.9 Å². The largest absolute Gasteiger partial charge is 0.493 e. The van der Waals surface area contributed by atoms with Gasteiger partial charge >= 0.3 is 5.97 Å². The van der Waals surface area contributed by atoms with Gasteiger partial charge < -0.3 is 23.7 Å². The molecule has 0 bridgehead atoms. The maximum Gasteiger partial charge on any atom is 0.343 e. The van der Waals surface area contributed by atoms with Gasteiger partial charge in [0.2, 0.25) is 5.89 Å². The van der Waals surface area contributed by atoms with Gasteiger partial charge in [0.15, 0.2) is 0 Å². The van der Waals surface area contributed by atoms with Crippen molar-refractivity contribution in [2.24, 2.45) is 0 Å². The predicted molar refractivity (Wildman–Crippen MR) is 136 cm³/mol. The molecule has 0 amide bonds. The van der Waals surface area contributed by atoms with Gasteiger partial charge in [-0.05, 0) is 62.7 Å². The molecule has 0 aliphatic rings. The highest BCUT2D eigenvalue weighted by Crippen LogP contribution is 2.32. The summed E-state index contributed by atoms with van der Waals surface area (Å²) in [6, 6.07) is 15.1. The van der Waals surface area contributed by atoms with Crippen LogP contribution in [0.5, 0.6) is 17.2 Å². The Morgan fingerprint density at radius 1 is 0.974 bits per heavy atom. The first-order valence-corrected chi connectivity index (χ1v) is 12.0. The van der Waals surface area contributed by atoms with E-state index in [4.69, 9.17) is 18.6 Å². The lowest BCUT2D eigenvalue weighted by Crippen LogP contribution is -2.12. The second-order valence-electron chi connectivity index (χ2n) is 8.81. The van der Waals surface area contributed by atoms with Crippen LogP contribution in [0.15, 0.2) is 65.1 Å². The summed E-state index contributed by atoms with van der Waals surface area (Å²) in [7, 11) is 0. The van der Waals surface area contributed by atoms with E-state index in [-0.39, 0.29) is 35.6 Å². The molecule has 0 aliphatic heterocycles. The molecule has 0 saturated heterocycles. The first-order chi connectivity index (χ1) is 18.2. The fourth-order valence-corrected chi connectivity index (χ4v) is 3.71. The van der Waals surface area contributed by atoms with Crippen molar-refractivity contribution in [3.8, 4) is 28.7 Å². The molecule has 7 nitrogen and oxygen atoms in total. The Bertz CT molecular complexity index is 1400. The summed E-state index contributed by atoms with van der Waals surface area (Å²) in [6.45, 7) is 5.64. The van der Waals surface area contributed by atoms with E-state index in [2.05, 4.69) is 4.98 Å². The average molecular weight is 524 g/mol. The third kappa shape index (κ3) is 6.67. The number of oxazole rings is 1. The number of hydrogen-bond acceptors (Lipinski definition) is 6. The normalized spacial score (nSPS) is 11.0. The average Bonchev–Trinajstić information content (AvgIpc) is 3.23. The molecule has 0 spiro atoms. The second kappa shape index (κ2) is 11.8. The number of rotatable bonds is 11. The van der Waals surface area contributed by atoms with Crippen molar-refractivity contribution in [1.82, 2.24) is 4.98 Å². The number of hydrogen-bond donors (Lipinski definition) is 1. The Balaban J connectivity index is 1.34. The number of carboxylic acid groups (broad SMARTS) is 1. The van der Waals surface area contributed by atoms with Crippen molar-refractivity contribution in [2.45, 2.75) is 39.9 Å². The molecular weight excluding hydrogens is 496 g/mol. The molecule has 3 aromatic carbocycles. The zero-order valence-corrected chi connectivity index (χ0v) is 21.2. The molecule has 4 rings (SSSR count). The van der Waals surface area contributed by atoms with Crippen molar-refractivity contribution >= 4 is 5.97 Å².